The molecule has 3 fully saturated rings. The van der Waals surface area contributed by atoms with E-state index in [1.54, 1.807) is 0 Å². The van der Waals surface area contributed by atoms with Crippen LogP contribution in [-0.2, 0) is 9.84 Å². The van der Waals surface area contributed by atoms with Crippen molar-refractivity contribution in [1.82, 2.24) is 10.2 Å². The molecule has 0 amide bonds. The van der Waals surface area contributed by atoms with E-state index in [0.29, 0.717) is 30.0 Å². The van der Waals surface area contributed by atoms with Crippen LogP contribution in [0.4, 0.5) is 0 Å². The van der Waals surface area contributed by atoms with Gasteiger partial charge in [-0.2, -0.15) is 0 Å². The van der Waals surface area contributed by atoms with Crippen LogP contribution in [0.1, 0.15) is 64.7 Å². The first-order valence-corrected chi connectivity index (χ1v) is 12.6. The van der Waals surface area contributed by atoms with E-state index in [1.165, 1.54) is 51.4 Å². The van der Waals surface area contributed by atoms with Gasteiger partial charge in [0.05, 0.1) is 18.1 Å². The summed E-state index contributed by atoms with van der Waals surface area (Å²) in [5, 5.41) is 3.53. The lowest BCUT2D eigenvalue weighted by Crippen LogP contribution is -2.51. The average Bonchev–Trinajstić information content (AvgIpc) is 2.82. The molecule has 27 heavy (non-hydrogen) atoms. The van der Waals surface area contributed by atoms with Crippen molar-refractivity contribution in [3.05, 3.63) is 12.2 Å². The number of guanidine groups is 1. The second-order valence-electron chi connectivity index (χ2n) is 9.19. The molecular weight excluding hydrogens is 358 g/mol. The summed E-state index contributed by atoms with van der Waals surface area (Å²) in [5.41, 5.74) is 1.51. The molecule has 1 saturated carbocycles. The van der Waals surface area contributed by atoms with Gasteiger partial charge in [-0.3, -0.25) is 0 Å². The Morgan fingerprint density at radius 3 is 2.52 bits per heavy atom. The van der Waals surface area contributed by atoms with E-state index < -0.39 is 9.84 Å². The molecule has 0 bridgehead atoms. The first kappa shape index (κ1) is 20.7. The van der Waals surface area contributed by atoms with Crippen molar-refractivity contribution in [2.24, 2.45) is 16.3 Å². The van der Waals surface area contributed by atoms with Crippen molar-refractivity contribution in [3.8, 4) is 0 Å². The molecule has 5 nitrogen and oxygen atoms in total. The Labute approximate surface area is 165 Å². The topological polar surface area (TPSA) is 61.8 Å². The molecule has 3 rings (SSSR count). The van der Waals surface area contributed by atoms with E-state index >= 15 is 0 Å². The monoisotopic (exact) mass is 395 g/mol. The highest BCUT2D eigenvalue weighted by molar-refractivity contribution is 7.91. The van der Waals surface area contributed by atoms with Gasteiger partial charge in [-0.1, -0.05) is 37.8 Å². The molecule has 0 radical (unpaired) electrons. The summed E-state index contributed by atoms with van der Waals surface area (Å²) in [6, 6.07) is 0. The van der Waals surface area contributed by atoms with Gasteiger partial charge in [-0.15, -0.1) is 0 Å². The lowest BCUT2D eigenvalue weighted by molar-refractivity contribution is 0.115. The zero-order valence-electron chi connectivity index (χ0n) is 17.0. The predicted octanol–water partition coefficient (Wildman–Crippen LogP) is 3.38. The summed E-state index contributed by atoms with van der Waals surface area (Å²) in [6.07, 6.45) is 11.5. The Bertz CT molecular complexity index is 648. The minimum absolute atomic E-state index is 0.210. The summed E-state index contributed by atoms with van der Waals surface area (Å²) >= 11 is 0. The molecule has 1 spiro atoms. The van der Waals surface area contributed by atoms with Crippen LogP contribution < -0.4 is 5.32 Å². The van der Waals surface area contributed by atoms with Gasteiger partial charge in [-0.25, -0.2) is 13.4 Å². The van der Waals surface area contributed by atoms with Gasteiger partial charge in [0.1, 0.15) is 0 Å². The van der Waals surface area contributed by atoms with Gasteiger partial charge < -0.3 is 10.2 Å². The van der Waals surface area contributed by atoms with Crippen LogP contribution in [0.15, 0.2) is 17.1 Å². The number of nitrogens with one attached hydrogen (secondary N) is 1. The molecule has 3 aliphatic rings. The smallest absolute Gasteiger partial charge is 0.194 e. The molecule has 0 aromatic carbocycles. The lowest BCUT2D eigenvalue weighted by Gasteiger charge is -2.44. The Morgan fingerprint density at radius 2 is 1.89 bits per heavy atom. The van der Waals surface area contributed by atoms with Gasteiger partial charge in [0, 0.05) is 19.6 Å². The number of likely N-dealkylation sites (tertiary alicyclic amines) is 1. The third-order valence-corrected chi connectivity index (χ3v) is 8.34. The number of aliphatic imine (C=N–C) groups is 1. The van der Waals surface area contributed by atoms with Gasteiger partial charge >= 0.3 is 0 Å². The van der Waals surface area contributed by atoms with Crippen molar-refractivity contribution in [3.63, 3.8) is 0 Å². The van der Waals surface area contributed by atoms with E-state index in [1.807, 2.05) is 6.92 Å². The molecule has 2 saturated heterocycles. The minimum atomic E-state index is -2.83. The van der Waals surface area contributed by atoms with Gasteiger partial charge in [0.25, 0.3) is 0 Å². The summed E-state index contributed by atoms with van der Waals surface area (Å²) in [4.78, 5) is 7.27. The molecule has 1 unspecified atom stereocenters. The molecule has 1 aliphatic carbocycles. The molecule has 0 aromatic rings. The normalized spacial score (nSPS) is 28.1. The standard InChI is InChI=1S/C21H37N3O2S/c1-18(2)14-22-20(23-15-19-8-13-27(25,26)16-19)24-12-7-11-21(17-24)9-5-3-4-6-10-21/h19H,1,3-17H2,2H3,(H,22,23). The van der Waals surface area contributed by atoms with E-state index in [0.717, 1.165) is 31.0 Å². The number of piperidine rings is 1. The summed E-state index contributed by atoms with van der Waals surface area (Å²) < 4.78 is 23.5. The van der Waals surface area contributed by atoms with Gasteiger partial charge in [0.2, 0.25) is 0 Å². The number of rotatable bonds is 4. The summed E-state index contributed by atoms with van der Waals surface area (Å²) in [5.74, 6) is 1.83. The number of hydrogen-bond donors (Lipinski definition) is 1. The molecule has 1 N–H and O–H groups in total. The molecule has 0 aromatic heterocycles. The van der Waals surface area contributed by atoms with E-state index in [2.05, 4.69) is 16.8 Å². The maximum atomic E-state index is 11.8. The SMILES string of the molecule is C=C(C)CN=C(NCC1CCS(=O)(=O)C1)N1CCCC2(CCCCCC2)C1. The molecule has 2 aliphatic heterocycles. The Hall–Kier alpha value is -1.04. The fourth-order valence-electron chi connectivity index (χ4n) is 5.02. The highest BCUT2D eigenvalue weighted by Gasteiger charge is 2.37. The molecule has 2 heterocycles. The third-order valence-electron chi connectivity index (χ3n) is 6.50. The fourth-order valence-corrected chi connectivity index (χ4v) is 6.88. The largest absolute Gasteiger partial charge is 0.356 e. The first-order valence-electron chi connectivity index (χ1n) is 10.8. The van der Waals surface area contributed by atoms with Crippen LogP contribution in [0.2, 0.25) is 0 Å². The van der Waals surface area contributed by atoms with Crippen LogP contribution in [0.5, 0.6) is 0 Å². The highest BCUT2D eigenvalue weighted by atomic mass is 32.2. The Kier molecular flexibility index (Phi) is 6.88. The third kappa shape index (κ3) is 5.97. The van der Waals surface area contributed by atoms with Crippen LogP contribution >= 0.6 is 0 Å². The second kappa shape index (κ2) is 8.97. The van der Waals surface area contributed by atoms with Crippen LogP contribution in [0.3, 0.4) is 0 Å². The number of nitrogens with zero attached hydrogens (tertiary/aromatic N) is 2. The highest BCUT2D eigenvalue weighted by Crippen LogP contribution is 2.42. The Balaban J connectivity index is 1.66. The van der Waals surface area contributed by atoms with Gasteiger partial charge in [-0.05, 0) is 50.4 Å². The van der Waals surface area contributed by atoms with E-state index in [9.17, 15) is 8.42 Å². The predicted molar refractivity (Wildman–Crippen MR) is 113 cm³/mol. The van der Waals surface area contributed by atoms with Crippen molar-refractivity contribution < 1.29 is 8.42 Å². The van der Waals surface area contributed by atoms with E-state index in [4.69, 9.17) is 4.99 Å². The first-order chi connectivity index (χ1) is 12.9. The lowest BCUT2D eigenvalue weighted by atomic mass is 9.74. The van der Waals surface area contributed by atoms with Crippen LogP contribution in [0, 0.1) is 11.3 Å². The Morgan fingerprint density at radius 1 is 1.19 bits per heavy atom. The second-order valence-corrected chi connectivity index (χ2v) is 11.4. The van der Waals surface area contributed by atoms with Crippen molar-refractivity contribution in [1.29, 1.82) is 0 Å². The fraction of sp³-hybridized carbons (Fsp3) is 0.857. The van der Waals surface area contributed by atoms with Crippen molar-refractivity contribution in [2.75, 3.05) is 37.7 Å². The molecular formula is C21H37N3O2S. The van der Waals surface area contributed by atoms with Crippen LogP contribution in [-0.4, -0.2) is 57.0 Å². The zero-order valence-corrected chi connectivity index (χ0v) is 17.8. The van der Waals surface area contributed by atoms with E-state index in [-0.39, 0.29) is 5.92 Å². The summed E-state index contributed by atoms with van der Waals surface area (Å²) in [7, 11) is -2.83. The van der Waals surface area contributed by atoms with Crippen molar-refractivity contribution >= 4 is 15.8 Å². The maximum Gasteiger partial charge on any atom is 0.194 e. The maximum absolute atomic E-state index is 11.8. The average molecular weight is 396 g/mol. The minimum Gasteiger partial charge on any atom is -0.356 e. The van der Waals surface area contributed by atoms with Crippen LogP contribution in [0.25, 0.3) is 0 Å². The number of hydrogen-bond acceptors (Lipinski definition) is 3. The molecule has 154 valence electrons. The summed E-state index contributed by atoms with van der Waals surface area (Å²) in [6.45, 7) is 9.48. The zero-order chi connectivity index (χ0) is 19.3. The number of sulfone groups is 1. The molecule has 1 atom stereocenters. The van der Waals surface area contributed by atoms with Crippen molar-refractivity contribution in [2.45, 2.75) is 64.7 Å². The quantitative estimate of drug-likeness (QED) is 0.450. The molecule has 6 heteroatoms. The van der Waals surface area contributed by atoms with Gasteiger partial charge in [0.15, 0.2) is 15.8 Å².